The van der Waals surface area contributed by atoms with Gasteiger partial charge in [0.2, 0.25) is 5.91 Å². The van der Waals surface area contributed by atoms with Gasteiger partial charge in [-0.2, -0.15) is 0 Å². The maximum absolute atomic E-state index is 11.8. The number of nitrogens with one attached hydrogen (secondary N) is 2. The van der Waals surface area contributed by atoms with E-state index in [1.54, 1.807) is 11.8 Å². The van der Waals surface area contributed by atoms with Crippen LogP contribution in [0.25, 0.3) is 0 Å². The topological polar surface area (TPSA) is 61.4 Å². The summed E-state index contributed by atoms with van der Waals surface area (Å²) in [5, 5.41) is 5.04. The highest BCUT2D eigenvalue weighted by Gasteiger charge is 2.10. The Bertz CT molecular complexity index is 503. The van der Waals surface area contributed by atoms with Crippen molar-refractivity contribution >= 4 is 23.7 Å². The van der Waals surface area contributed by atoms with E-state index in [1.165, 1.54) is 4.90 Å². The normalized spacial score (nSPS) is 10.9. The summed E-state index contributed by atoms with van der Waals surface area (Å²) in [6, 6.07) is 7.82. The summed E-state index contributed by atoms with van der Waals surface area (Å²) in [6.07, 6.45) is 2.94. The van der Waals surface area contributed by atoms with Gasteiger partial charge in [-0.3, -0.25) is 15.0 Å². The molecule has 0 fully saturated rings. The standard InChI is InChI=1S/C17H27N3O2S/c1-13(2)9-10-18-17(22)19-16(21)12-20(3)11-14-5-7-15(23-4)8-6-14/h5-8,13H,9-12H2,1-4H3,(H2,18,19,21,22). The Morgan fingerprint density at radius 3 is 2.43 bits per heavy atom. The van der Waals surface area contributed by atoms with E-state index >= 15 is 0 Å². The molecule has 1 aromatic rings. The van der Waals surface area contributed by atoms with Gasteiger partial charge in [-0.15, -0.1) is 11.8 Å². The van der Waals surface area contributed by atoms with Crippen molar-refractivity contribution in [3.63, 3.8) is 0 Å². The number of imide groups is 1. The molecule has 5 nitrogen and oxygen atoms in total. The second-order valence-electron chi connectivity index (χ2n) is 6.01. The third kappa shape index (κ3) is 8.62. The van der Waals surface area contributed by atoms with Crippen molar-refractivity contribution < 1.29 is 9.59 Å². The molecule has 0 unspecified atom stereocenters. The molecule has 0 heterocycles. The summed E-state index contributed by atoms with van der Waals surface area (Å²) in [4.78, 5) is 26.5. The first kappa shape index (κ1) is 19.5. The molecule has 0 radical (unpaired) electrons. The minimum Gasteiger partial charge on any atom is -0.338 e. The summed E-state index contributed by atoms with van der Waals surface area (Å²) < 4.78 is 0. The van der Waals surface area contributed by atoms with E-state index in [4.69, 9.17) is 0 Å². The predicted molar refractivity (Wildman–Crippen MR) is 95.6 cm³/mol. The van der Waals surface area contributed by atoms with E-state index in [9.17, 15) is 9.59 Å². The number of thioether (sulfide) groups is 1. The monoisotopic (exact) mass is 337 g/mol. The first-order valence-electron chi connectivity index (χ1n) is 7.80. The minimum atomic E-state index is -0.423. The number of hydrogen-bond donors (Lipinski definition) is 2. The summed E-state index contributed by atoms with van der Waals surface area (Å²) in [7, 11) is 1.86. The second kappa shape index (κ2) is 10.3. The van der Waals surface area contributed by atoms with E-state index in [0.29, 0.717) is 19.0 Å². The van der Waals surface area contributed by atoms with Gasteiger partial charge in [-0.25, -0.2) is 4.79 Å². The van der Waals surface area contributed by atoms with E-state index in [-0.39, 0.29) is 12.5 Å². The van der Waals surface area contributed by atoms with Gasteiger partial charge in [0.1, 0.15) is 0 Å². The molecule has 1 aromatic carbocycles. The lowest BCUT2D eigenvalue weighted by molar-refractivity contribution is -0.120. The molecule has 23 heavy (non-hydrogen) atoms. The van der Waals surface area contributed by atoms with Gasteiger partial charge in [-0.1, -0.05) is 26.0 Å². The maximum atomic E-state index is 11.8. The lowest BCUT2D eigenvalue weighted by Crippen LogP contribution is -2.44. The average Bonchev–Trinajstić information content (AvgIpc) is 2.47. The van der Waals surface area contributed by atoms with Gasteiger partial charge in [-0.05, 0) is 43.3 Å². The zero-order valence-electron chi connectivity index (χ0n) is 14.4. The number of nitrogens with zero attached hydrogens (tertiary/aromatic N) is 1. The summed E-state index contributed by atoms with van der Waals surface area (Å²) in [5.74, 6) is 0.227. The van der Waals surface area contributed by atoms with Crippen molar-refractivity contribution in [2.45, 2.75) is 31.7 Å². The molecule has 6 heteroatoms. The number of amides is 3. The average molecular weight is 337 g/mol. The first-order valence-corrected chi connectivity index (χ1v) is 9.02. The number of benzene rings is 1. The summed E-state index contributed by atoms with van der Waals surface area (Å²) in [6.45, 7) is 5.60. The Morgan fingerprint density at radius 1 is 1.22 bits per heavy atom. The van der Waals surface area contributed by atoms with Crippen molar-refractivity contribution in [3.05, 3.63) is 29.8 Å². The summed E-state index contributed by atoms with van der Waals surface area (Å²) >= 11 is 1.70. The van der Waals surface area contributed by atoms with Gasteiger partial charge in [0.05, 0.1) is 6.54 Å². The van der Waals surface area contributed by atoms with Crippen LogP contribution >= 0.6 is 11.8 Å². The molecule has 0 aliphatic carbocycles. The van der Waals surface area contributed by atoms with Crippen LogP contribution in [0.2, 0.25) is 0 Å². The van der Waals surface area contributed by atoms with Crippen LogP contribution in [0.4, 0.5) is 4.79 Å². The van der Waals surface area contributed by atoms with Crippen molar-refractivity contribution in [3.8, 4) is 0 Å². The smallest absolute Gasteiger partial charge is 0.321 e. The first-order chi connectivity index (χ1) is 10.9. The molecule has 0 aliphatic heterocycles. The lowest BCUT2D eigenvalue weighted by Gasteiger charge is -2.16. The molecule has 1 rings (SSSR count). The maximum Gasteiger partial charge on any atom is 0.321 e. The number of hydrogen-bond acceptors (Lipinski definition) is 4. The quantitative estimate of drug-likeness (QED) is 0.716. The zero-order valence-corrected chi connectivity index (χ0v) is 15.2. The Balaban J connectivity index is 2.30. The van der Waals surface area contributed by atoms with Crippen LogP contribution in [0, 0.1) is 5.92 Å². The molecular formula is C17H27N3O2S. The molecular weight excluding hydrogens is 310 g/mol. The Hall–Kier alpha value is -1.53. The highest BCUT2D eigenvalue weighted by Crippen LogP contribution is 2.15. The van der Waals surface area contributed by atoms with Gasteiger partial charge in [0.15, 0.2) is 0 Å². The number of carbonyl (C=O) groups is 2. The number of carbonyl (C=O) groups excluding carboxylic acids is 2. The Kier molecular flexibility index (Phi) is 8.73. The van der Waals surface area contributed by atoms with Crippen LogP contribution in [0.15, 0.2) is 29.2 Å². The molecule has 0 saturated carbocycles. The van der Waals surface area contributed by atoms with Crippen LogP contribution in [0.3, 0.4) is 0 Å². The molecule has 128 valence electrons. The molecule has 0 saturated heterocycles. The highest BCUT2D eigenvalue weighted by atomic mass is 32.2. The van der Waals surface area contributed by atoms with E-state index in [2.05, 4.69) is 48.7 Å². The largest absolute Gasteiger partial charge is 0.338 e. The zero-order chi connectivity index (χ0) is 17.2. The predicted octanol–water partition coefficient (Wildman–Crippen LogP) is 2.71. The lowest BCUT2D eigenvalue weighted by atomic mass is 10.1. The van der Waals surface area contributed by atoms with Crippen LogP contribution in [-0.2, 0) is 11.3 Å². The van der Waals surface area contributed by atoms with Crippen LogP contribution in [0.1, 0.15) is 25.8 Å². The molecule has 0 bridgehead atoms. The fourth-order valence-electron chi connectivity index (χ4n) is 2.03. The number of rotatable bonds is 8. The Labute approximate surface area is 143 Å². The molecule has 2 N–H and O–H groups in total. The second-order valence-corrected chi connectivity index (χ2v) is 6.89. The fourth-order valence-corrected chi connectivity index (χ4v) is 2.44. The molecule has 0 aromatic heterocycles. The number of likely N-dealkylation sites (N-methyl/N-ethyl adjacent to an activating group) is 1. The minimum absolute atomic E-state index is 0.182. The highest BCUT2D eigenvalue weighted by molar-refractivity contribution is 7.98. The fraction of sp³-hybridized carbons (Fsp3) is 0.529. The van der Waals surface area contributed by atoms with Crippen molar-refractivity contribution in [2.75, 3.05) is 26.4 Å². The molecule has 0 spiro atoms. The SMILES string of the molecule is CSc1ccc(CN(C)CC(=O)NC(=O)NCCC(C)C)cc1. The van der Waals surface area contributed by atoms with Crippen molar-refractivity contribution in [1.29, 1.82) is 0 Å². The van der Waals surface area contributed by atoms with Gasteiger partial charge in [0.25, 0.3) is 0 Å². The molecule has 3 amide bonds. The van der Waals surface area contributed by atoms with E-state index < -0.39 is 6.03 Å². The van der Waals surface area contributed by atoms with Gasteiger partial charge >= 0.3 is 6.03 Å². The van der Waals surface area contributed by atoms with E-state index in [1.807, 2.05) is 18.2 Å². The number of urea groups is 1. The van der Waals surface area contributed by atoms with Gasteiger partial charge < -0.3 is 5.32 Å². The third-order valence-electron chi connectivity index (χ3n) is 3.29. The third-order valence-corrected chi connectivity index (χ3v) is 4.03. The van der Waals surface area contributed by atoms with Crippen molar-refractivity contribution in [2.24, 2.45) is 5.92 Å². The Morgan fingerprint density at radius 2 is 1.87 bits per heavy atom. The van der Waals surface area contributed by atoms with Crippen LogP contribution < -0.4 is 10.6 Å². The van der Waals surface area contributed by atoms with E-state index in [0.717, 1.165) is 12.0 Å². The summed E-state index contributed by atoms with van der Waals surface area (Å²) in [5.41, 5.74) is 1.14. The van der Waals surface area contributed by atoms with Gasteiger partial charge in [0, 0.05) is 18.0 Å². The molecule has 0 atom stereocenters. The van der Waals surface area contributed by atoms with Crippen LogP contribution in [-0.4, -0.2) is 43.2 Å². The van der Waals surface area contributed by atoms with Crippen LogP contribution in [0.5, 0.6) is 0 Å². The molecule has 0 aliphatic rings. The van der Waals surface area contributed by atoms with Crippen molar-refractivity contribution in [1.82, 2.24) is 15.5 Å².